The lowest BCUT2D eigenvalue weighted by Gasteiger charge is -2.48. The highest BCUT2D eigenvalue weighted by Crippen LogP contribution is 2.38. The number of fused-ring (bicyclic) bond motifs is 1. The summed E-state index contributed by atoms with van der Waals surface area (Å²) in [5, 5.41) is 34.3. The van der Waals surface area contributed by atoms with E-state index < -0.39 is 59.6 Å². The standard InChI is InChI=1S/C32H33BrN2O10/c1-15-21(42-30-24(37)26(44-31(34)40)27(41-4)32(2,3)45-30)12-11-20-23(36)22(29(39)43-25(15)20)35-28(38)18-9-5-7-16(13-18)17-8-6-10-19(33)14-17/h5-14,24,26-27,30-31,36-37,40H,34H2,1-4H3,(H,35,38)/t24-,26+,27-,30-,31?/m1/s1. The van der Waals surface area contributed by atoms with Crippen LogP contribution >= 0.6 is 15.9 Å². The highest BCUT2D eigenvalue weighted by atomic mass is 79.9. The number of anilines is 1. The van der Waals surface area contributed by atoms with Gasteiger partial charge < -0.3 is 44.0 Å². The van der Waals surface area contributed by atoms with E-state index in [1.807, 2.05) is 30.3 Å². The van der Waals surface area contributed by atoms with Crippen LogP contribution in [0.4, 0.5) is 5.69 Å². The number of carbonyl (C=O) groups is 1. The molecule has 6 N–H and O–H groups in total. The third kappa shape index (κ3) is 6.60. The number of carbonyl (C=O) groups excluding carboxylic acids is 1. The highest BCUT2D eigenvalue weighted by molar-refractivity contribution is 9.10. The molecule has 4 aromatic rings. The molecule has 5 atom stereocenters. The van der Waals surface area contributed by atoms with E-state index in [1.165, 1.54) is 19.2 Å². The fourth-order valence-corrected chi connectivity index (χ4v) is 5.81. The summed E-state index contributed by atoms with van der Waals surface area (Å²) in [5.41, 5.74) is 5.18. The van der Waals surface area contributed by atoms with Crippen molar-refractivity contribution >= 4 is 38.5 Å². The number of amides is 1. The van der Waals surface area contributed by atoms with Gasteiger partial charge in [0.25, 0.3) is 5.91 Å². The average Bonchev–Trinajstić information content (AvgIpc) is 2.99. The minimum atomic E-state index is -1.69. The zero-order chi connectivity index (χ0) is 32.6. The summed E-state index contributed by atoms with van der Waals surface area (Å²) < 4.78 is 29.2. The van der Waals surface area contributed by atoms with Crippen molar-refractivity contribution in [1.29, 1.82) is 0 Å². The van der Waals surface area contributed by atoms with E-state index in [-0.39, 0.29) is 22.3 Å². The van der Waals surface area contributed by atoms with E-state index in [0.717, 1.165) is 15.6 Å². The third-order valence-electron chi connectivity index (χ3n) is 7.58. The number of hydrogen-bond acceptors (Lipinski definition) is 11. The molecule has 0 aliphatic carbocycles. The summed E-state index contributed by atoms with van der Waals surface area (Å²) in [5.74, 6) is -0.949. The topological polar surface area (TPSA) is 183 Å². The Kier molecular flexibility index (Phi) is 9.33. The fraction of sp³-hybridized carbons (Fsp3) is 0.312. The lowest BCUT2D eigenvalue weighted by molar-refractivity contribution is -0.329. The molecule has 3 aromatic carbocycles. The molecule has 1 fully saturated rings. The van der Waals surface area contributed by atoms with Gasteiger partial charge in [0, 0.05) is 22.7 Å². The van der Waals surface area contributed by atoms with Gasteiger partial charge in [-0.25, -0.2) is 4.79 Å². The largest absolute Gasteiger partial charge is 0.505 e. The number of ether oxygens (including phenoxy) is 4. The molecule has 0 radical (unpaired) electrons. The molecule has 1 aromatic heterocycles. The lowest BCUT2D eigenvalue weighted by atomic mass is 9.89. The van der Waals surface area contributed by atoms with Crippen LogP contribution in [0.5, 0.6) is 11.5 Å². The minimum Gasteiger partial charge on any atom is -0.505 e. The summed E-state index contributed by atoms with van der Waals surface area (Å²) in [6.07, 6.45) is -6.38. The number of aromatic hydroxyl groups is 1. The Morgan fingerprint density at radius 2 is 1.80 bits per heavy atom. The second-order valence-electron chi connectivity index (χ2n) is 11.1. The first-order chi connectivity index (χ1) is 21.3. The van der Waals surface area contributed by atoms with Gasteiger partial charge in [-0.1, -0.05) is 40.2 Å². The molecule has 1 aliphatic rings. The Bertz CT molecular complexity index is 1790. The summed E-state index contributed by atoms with van der Waals surface area (Å²) in [4.78, 5) is 26.2. The van der Waals surface area contributed by atoms with Gasteiger partial charge in [0.15, 0.2) is 11.4 Å². The molecule has 1 unspecified atom stereocenters. The smallest absolute Gasteiger partial charge is 0.364 e. The molecule has 0 saturated carbocycles. The normalized spacial score (nSPS) is 21.8. The van der Waals surface area contributed by atoms with Crippen molar-refractivity contribution in [3.05, 3.63) is 86.7 Å². The van der Waals surface area contributed by atoms with Crippen molar-refractivity contribution in [2.45, 2.75) is 57.4 Å². The van der Waals surface area contributed by atoms with Crippen LogP contribution in [0, 0.1) is 6.92 Å². The molecule has 0 bridgehead atoms. The van der Waals surface area contributed by atoms with Gasteiger partial charge in [-0.15, -0.1) is 0 Å². The summed E-state index contributed by atoms with van der Waals surface area (Å²) >= 11 is 3.44. The van der Waals surface area contributed by atoms with Crippen molar-refractivity contribution in [2.24, 2.45) is 5.73 Å². The quantitative estimate of drug-likeness (QED) is 0.134. The number of methoxy groups -OCH3 is 1. The van der Waals surface area contributed by atoms with Crippen LogP contribution in [0.15, 0.2) is 74.3 Å². The number of nitrogens with two attached hydrogens (primary N) is 1. The van der Waals surface area contributed by atoms with Gasteiger partial charge in [0.1, 0.15) is 29.6 Å². The van der Waals surface area contributed by atoms with Crippen molar-refractivity contribution in [2.75, 3.05) is 12.4 Å². The van der Waals surface area contributed by atoms with Crippen LogP contribution in [0.2, 0.25) is 0 Å². The van der Waals surface area contributed by atoms with E-state index in [4.69, 9.17) is 29.1 Å². The molecule has 0 spiro atoms. The Hall–Kier alpha value is -3.82. The van der Waals surface area contributed by atoms with E-state index in [1.54, 1.807) is 39.0 Å². The van der Waals surface area contributed by atoms with Crippen molar-refractivity contribution < 1.29 is 43.5 Å². The maximum atomic E-state index is 13.2. The Labute approximate surface area is 266 Å². The van der Waals surface area contributed by atoms with Crippen LogP contribution in [-0.4, -0.2) is 65.0 Å². The number of hydrogen-bond donors (Lipinski definition) is 5. The minimum absolute atomic E-state index is 0.00541. The lowest BCUT2D eigenvalue weighted by Crippen LogP contribution is -2.65. The van der Waals surface area contributed by atoms with Crippen LogP contribution in [0.3, 0.4) is 0 Å². The molecule has 1 aliphatic heterocycles. The number of rotatable bonds is 8. The average molecular weight is 686 g/mol. The molecular formula is C32H33BrN2O10. The summed E-state index contributed by atoms with van der Waals surface area (Å²) in [6, 6.07) is 17.3. The van der Waals surface area contributed by atoms with Gasteiger partial charge >= 0.3 is 5.63 Å². The predicted molar refractivity (Wildman–Crippen MR) is 168 cm³/mol. The second kappa shape index (κ2) is 12.9. The highest BCUT2D eigenvalue weighted by Gasteiger charge is 2.52. The zero-order valence-corrected chi connectivity index (χ0v) is 26.4. The Morgan fingerprint density at radius 3 is 2.47 bits per heavy atom. The van der Waals surface area contributed by atoms with Gasteiger partial charge in [-0.05, 0) is 68.3 Å². The van der Waals surface area contributed by atoms with Gasteiger partial charge in [0.05, 0.1) is 11.0 Å². The molecule has 12 nitrogen and oxygen atoms in total. The first-order valence-corrected chi connectivity index (χ1v) is 14.7. The van der Waals surface area contributed by atoms with Crippen molar-refractivity contribution in [1.82, 2.24) is 0 Å². The number of aliphatic hydroxyl groups excluding tert-OH is 2. The zero-order valence-electron chi connectivity index (χ0n) is 24.8. The molecule has 238 valence electrons. The van der Waals surface area contributed by atoms with Crippen molar-refractivity contribution in [3.63, 3.8) is 0 Å². The van der Waals surface area contributed by atoms with E-state index in [9.17, 15) is 24.9 Å². The molecule has 2 heterocycles. The molecule has 13 heteroatoms. The Morgan fingerprint density at radius 1 is 1.11 bits per heavy atom. The summed E-state index contributed by atoms with van der Waals surface area (Å²) in [6.45, 7) is 4.97. The summed E-state index contributed by atoms with van der Waals surface area (Å²) in [7, 11) is 1.41. The third-order valence-corrected chi connectivity index (χ3v) is 8.07. The predicted octanol–water partition coefficient (Wildman–Crippen LogP) is 4.00. The van der Waals surface area contributed by atoms with Crippen LogP contribution in [0.1, 0.15) is 29.8 Å². The first-order valence-electron chi connectivity index (χ1n) is 13.9. The van der Waals surface area contributed by atoms with E-state index in [0.29, 0.717) is 5.56 Å². The second-order valence-corrected chi connectivity index (χ2v) is 12.0. The molecule has 5 rings (SSSR count). The number of benzene rings is 3. The first kappa shape index (κ1) is 32.6. The molecular weight excluding hydrogens is 652 g/mol. The number of aryl methyl sites for hydroxylation is 1. The maximum Gasteiger partial charge on any atom is 0.364 e. The molecule has 1 saturated heterocycles. The van der Waals surface area contributed by atoms with Crippen molar-refractivity contribution in [3.8, 4) is 22.6 Å². The van der Waals surface area contributed by atoms with Crippen LogP contribution in [0.25, 0.3) is 22.1 Å². The monoisotopic (exact) mass is 684 g/mol. The Balaban J connectivity index is 1.42. The van der Waals surface area contributed by atoms with E-state index >= 15 is 0 Å². The SMILES string of the molecule is CO[C@@H]1[C@@H](OC(N)O)[C@@H](O)[C@H](Oc2ccc3c(O)c(NC(=O)c4cccc(-c5cccc(Br)c5)c4)c(=O)oc3c2C)OC1(C)C. The number of aliphatic hydroxyl groups is 2. The number of nitrogens with one attached hydrogen (secondary N) is 1. The van der Waals surface area contributed by atoms with Gasteiger partial charge in [-0.3, -0.25) is 10.5 Å². The number of halogens is 1. The van der Waals surface area contributed by atoms with Crippen LogP contribution < -0.4 is 21.4 Å². The molecule has 45 heavy (non-hydrogen) atoms. The van der Waals surface area contributed by atoms with Crippen LogP contribution in [-0.2, 0) is 14.2 Å². The van der Waals surface area contributed by atoms with E-state index in [2.05, 4.69) is 21.2 Å². The molecule has 1 amide bonds. The fourth-order valence-electron chi connectivity index (χ4n) is 5.41. The maximum absolute atomic E-state index is 13.2. The van der Waals surface area contributed by atoms with Gasteiger partial charge in [0.2, 0.25) is 12.7 Å². The van der Waals surface area contributed by atoms with Gasteiger partial charge in [-0.2, -0.15) is 0 Å².